The van der Waals surface area contributed by atoms with Gasteiger partial charge in [0.2, 0.25) is 11.8 Å². The molecular formula is C20H26N4O4. The van der Waals surface area contributed by atoms with Crippen molar-refractivity contribution >= 4 is 17.7 Å². The molecule has 8 nitrogen and oxygen atoms in total. The molecule has 150 valence electrons. The molecule has 1 aromatic rings. The Kier molecular flexibility index (Phi) is 5.18. The van der Waals surface area contributed by atoms with Crippen LogP contribution in [0, 0.1) is 5.92 Å². The van der Waals surface area contributed by atoms with E-state index in [9.17, 15) is 19.5 Å². The number of aliphatic hydroxyl groups excluding tert-OH is 1. The Morgan fingerprint density at radius 3 is 2.79 bits per heavy atom. The van der Waals surface area contributed by atoms with Gasteiger partial charge in [0.15, 0.2) is 0 Å². The average Bonchev–Trinajstić information content (AvgIpc) is 3.15. The molecule has 1 aliphatic carbocycles. The zero-order chi connectivity index (χ0) is 19.8. The summed E-state index contributed by atoms with van der Waals surface area (Å²) in [4.78, 5) is 38.0. The first-order valence-electron chi connectivity index (χ1n) is 9.84. The number of hydrogen-bond acceptors (Lipinski definition) is 6. The summed E-state index contributed by atoms with van der Waals surface area (Å²) in [5.74, 6) is -0.486. The number of rotatable bonds is 5. The molecule has 3 amide bonds. The predicted molar refractivity (Wildman–Crippen MR) is 101 cm³/mol. The number of nitrogens with one attached hydrogen (secondary N) is 2. The first kappa shape index (κ1) is 19.0. The van der Waals surface area contributed by atoms with Gasteiger partial charge in [-0.15, -0.1) is 0 Å². The van der Waals surface area contributed by atoms with Crippen LogP contribution in [0.15, 0.2) is 18.2 Å². The first-order chi connectivity index (χ1) is 13.4. The van der Waals surface area contributed by atoms with Crippen molar-refractivity contribution in [3.8, 4) is 0 Å². The van der Waals surface area contributed by atoms with Crippen LogP contribution in [-0.2, 0) is 22.7 Å². The van der Waals surface area contributed by atoms with Crippen LogP contribution in [-0.4, -0.2) is 52.5 Å². The monoisotopic (exact) mass is 386 g/mol. The van der Waals surface area contributed by atoms with Crippen LogP contribution >= 0.6 is 0 Å². The quantitative estimate of drug-likeness (QED) is 0.512. The lowest BCUT2D eigenvalue weighted by molar-refractivity contribution is -0.136. The topological polar surface area (TPSA) is 125 Å². The van der Waals surface area contributed by atoms with Crippen LogP contribution in [0.5, 0.6) is 0 Å². The van der Waals surface area contributed by atoms with Crippen LogP contribution in [0.4, 0.5) is 0 Å². The van der Waals surface area contributed by atoms with Crippen molar-refractivity contribution in [2.75, 3.05) is 6.54 Å². The molecule has 8 heteroatoms. The van der Waals surface area contributed by atoms with Crippen LogP contribution in [0.2, 0.25) is 0 Å². The number of carbonyl (C=O) groups excluding carboxylic acids is 3. The van der Waals surface area contributed by atoms with Gasteiger partial charge >= 0.3 is 0 Å². The lowest BCUT2D eigenvalue weighted by Gasteiger charge is -2.29. The molecule has 2 aliphatic heterocycles. The molecule has 1 saturated heterocycles. The fourth-order valence-corrected chi connectivity index (χ4v) is 4.55. The number of hydrogen-bond donors (Lipinski definition) is 4. The molecule has 2 fully saturated rings. The second-order valence-corrected chi connectivity index (χ2v) is 8.04. The molecule has 4 atom stereocenters. The predicted octanol–water partition coefficient (Wildman–Crippen LogP) is -0.365. The fourth-order valence-electron chi connectivity index (χ4n) is 4.55. The van der Waals surface area contributed by atoms with Crippen molar-refractivity contribution in [3.63, 3.8) is 0 Å². The maximum atomic E-state index is 12.8. The Morgan fingerprint density at radius 2 is 2.07 bits per heavy atom. The summed E-state index contributed by atoms with van der Waals surface area (Å²) in [6.45, 7) is 1.76. The average molecular weight is 386 g/mol. The fraction of sp³-hybridized carbons (Fsp3) is 0.550. The minimum Gasteiger partial charge on any atom is -0.392 e. The lowest BCUT2D eigenvalue weighted by atomic mass is 10.0. The van der Waals surface area contributed by atoms with Gasteiger partial charge in [0.05, 0.1) is 6.10 Å². The molecule has 0 spiro atoms. The first-order valence-corrected chi connectivity index (χ1v) is 9.84. The van der Waals surface area contributed by atoms with Gasteiger partial charge in [0.25, 0.3) is 5.91 Å². The van der Waals surface area contributed by atoms with Crippen LogP contribution in [0.1, 0.15) is 47.2 Å². The molecule has 5 N–H and O–H groups in total. The van der Waals surface area contributed by atoms with Gasteiger partial charge < -0.3 is 21.1 Å². The lowest BCUT2D eigenvalue weighted by Crippen LogP contribution is -2.52. The zero-order valence-corrected chi connectivity index (χ0v) is 15.7. The van der Waals surface area contributed by atoms with Crippen LogP contribution < -0.4 is 16.4 Å². The van der Waals surface area contributed by atoms with E-state index in [1.165, 1.54) is 0 Å². The molecule has 0 aromatic heterocycles. The number of carbonyl (C=O) groups is 3. The molecular weight excluding hydrogens is 360 g/mol. The van der Waals surface area contributed by atoms with Gasteiger partial charge in [-0.1, -0.05) is 12.1 Å². The summed E-state index contributed by atoms with van der Waals surface area (Å²) in [6, 6.07) is 4.89. The second kappa shape index (κ2) is 7.62. The summed E-state index contributed by atoms with van der Waals surface area (Å²) in [7, 11) is 0. The van der Waals surface area contributed by atoms with Gasteiger partial charge in [0.1, 0.15) is 6.04 Å². The van der Waals surface area contributed by atoms with E-state index in [1.54, 1.807) is 11.0 Å². The van der Waals surface area contributed by atoms with E-state index in [1.807, 2.05) is 12.1 Å². The molecule has 0 radical (unpaired) electrons. The zero-order valence-electron chi connectivity index (χ0n) is 15.7. The van der Waals surface area contributed by atoms with E-state index in [0.717, 1.165) is 24.1 Å². The Bertz CT molecular complexity index is 801. The Morgan fingerprint density at radius 1 is 1.25 bits per heavy atom. The molecule has 28 heavy (non-hydrogen) atoms. The van der Waals surface area contributed by atoms with E-state index in [2.05, 4.69) is 10.6 Å². The van der Waals surface area contributed by atoms with Crippen molar-refractivity contribution in [1.82, 2.24) is 15.5 Å². The van der Waals surface area contributed by atoms with Crippen molar-refractivity contribution in [1.29, 1.82) is 0 Å². The van der Waals surface area contributed by atoms with E-state index >= 15 is 0 Å². The van der Waals surface area contributed by atoms with E-state index in [0.29, 0.717) is 37.4 Å². The summed E-state index contributed by atoms with van der Waals surface area (Å²) >= 11 is 0. The van der Waals surface area contributed by atoms with Crippen LogP contribution in [0.25, 0.3) is 0 Å². The van der Waals surface area contributed by atoms with Gasteiger partial charge in [0, 0.05) is 31.1 Å². The Labute approximate surface area is 163 Å². The smallest absolute Gasteiger partial charge is 0.255 e. The SMILES string of the molecule is N[C@@H]1C[C@H](CNCc2cccc3c2CN(C2CCC(=O)NC2=O)C3=O)C[C@H]1O. The van der Waals surface area contributed by atoms with Gasteiger partial charge in [-0.2, -0.15) is 0 Å². The number of nitrogens with zero attached hydrogens (tertiary/aromatic N) is 1. The number of amides is 3. The van der Waals surface area contributed by atoms with Crippen LogP contribution in [0.3, 0.4) is 0 Å². The minimum absolute atomic E-state index is 0.146. The van der Waals surface area contributed by atoms with Crippen molar-refractivity contribution in [2.24, 2.45) is 11.7 Å². The summed E-state index contributed by atoms with van der Waals surface area (Å²) in [5.41, 5.74) is 8.47. The number of imide groups is 1. The number of aliphatic hydroxyl groups is 1. The van der Waals surface area contributed by atoms with Crippen molar-refractivity contribution in [2.45, 2.75) is 57.0 Å². The van der Waals surface area contributed by atoms with Gasteiger partial charge in [-0.05, 0) is 48.9 Å². The maximum absolute atomic E-state index is 12.8. The molecule has 4 rings (SSSR count). The summed E-state index contributed by atoms with van der Waals surface area (Å²) in [5, 5.41) is 15.5. The largest absolute Gasteiger partial charge is 0.392 e. The highest BCUT2D eigenvalue weighted by atomic mass is 16.3. The summed E-state index contributed by atoms with van der Waals surface area (Å²) in [6.07, 6.45) is 1.71. The molecule has 3 aliphatic rings. The van der Waals surface area contributed by atoms with E-state index in [4.69, 9.17) is 5.73 Å². The third-order valence-electron chi connectivity index (χ3n) is 6.10. The number of nitrogens with two attached hydrogens (primary N) is 1. The Balaban J connectivity index is 1.41. The molecule has 1 unspecified atom stereocenters. The Hall–Kier alpha value is -2.29. The molecule has 1 aromatic carbocycles. The molecule has 1 saturated carbocycles. The maximum Gasteiger partial charge on any atom is 0.255 e. The second-order valence-electron chi connectivity index (χ2n) is 8.04. The van der Waals surface area contributed by atoms with E-state index < -0.39 is 18.1 Å². The van der Waals surface area contributed by atoms with Crippen molar-refractivity contribution in [3.05, 3.63) is 34.9 Å². The van der Waals surface area contributed by atoms with Gasteiger partial charge in [-0.25, -0.2) is 0 Å². The normalized spacial score (nSPS) is 29.9. The van der Waals surface area contributed by atoms with Gasteiger partial charge in [-0.3, -0.25) is 19.7 Å². The highest BCUT2D eigenvalue weighted by Crippen LogP contribution is 2.30. The number of fused-ring (bicyclic) bond motifs is 1. The minimum atomic E-state index is -0.597. The highest BCUT2D eigenvalue weighted by molar-refractivity contribution is 6.05. The summed E-state index contributed by atoms with van der Waals surface area (Å²) < 4.78 is 0. The number of benzene rings is 1. The molecule has 0 bridgehead atoms. The van der Waals surface area contributed by atoms with Crippen molar-refractivity contribution < 1.29 is 19.5 Å². The molecule has 2 heterocycles. The standard InChI is InChI=1S/C20H26N4O4/c21-15-6-11(7-17(15)25)8-22-9-12-2-1-3-13-14(12)10-24(20(13)28)16-4-5-18(26)23-19(16)27/h1-3,11,15-17,22,25H,4-10,21H2,(H,23,26,27)/t11-,15+,16?,17+/m0/s1. The van der Waals surface area contributed by atoms with E-state index in [-0.39, 0.29) is 24.3 Å². The third-order valence-corrected chi connectivity index (χ3v) is 6.10. The third kappa shape index (κ3) is 3.55. The highest BCUT2D eigenvalue weighted by Gasteiger charge is 2.39. The number of piperidine rings is 1.